The maximum absolute atomic E-state index is 10.9. The third-order valence-electron chi connectivity index (χ3n) is 3.12. The Kier molecular flexibility index (Phi) is 3.72. The predicted molar refractivity (Wildman–Crippen MR) is 74.1 cm³/mol. The highest BCUT2D eigenvalue weighted by Crippen LogP contribution is 2.29. The molecule has 0 aliphatic rings. The summed E-state index contributed by atoms with van der Waals surface area (Å²) in [4.78, 5) is 10.9. The Morgan fingerprint density at radius 1 is 1.20 bits per heavy atom. The molecule has 4 nitrogen and oxygen atoms in total. The minimum absolute atomic E-state index is 0.0647. The van der Waals surface area contributed by atoms with Crippen molar-refractivity contribution in [3.8, 4) is 17.6 Å². The van der Waals surface area contributed by atoms with E-state index in [1.807, 2.05) is 38.1 Å². The van der Waals surface area contributed by atoms with Crippen molar-refractivity contribution in [2.45, 2.75) is 13.8 Å². The monoisotopic (exact) mass is 267 g/mol. The minimum atomic E-state index is -1.07. The lowest BCUT2D eigenvalue weighted by atomic mass is 10.1. The van der Waals surface area contributed by atoms with E-state index in [0.29, 0.717) is 11.5 Å². The van der Waals surface area contributed by atoms with Crippen LogP contribution in [0.15, 0.2) is 36.4 Å². The number of nitriles is 1. The summed E-state index contributed by atoms with van der Waals surface area (Å²) in [5.41, 5.74) is 2.34. The van der Waals surface area contributed by atoms with Crippen LogP contribution >= 0.6 is 0 Å². The Morgan fingerprint density at radius 3 is 2.60 bits per heavy atom. The zero-order chi connectivity index (χ0) is 14.7. The number of aryl methyl sites for hydroxylation is 1. The van der Waals surface area contributed by atoms with Gasteiger partial charge in [0.05, 0.1) is 11.1 Å². The normalized spacial score (nSPS) is 9.85. The number of carboxylic acid groups (broad SMARTS) is 1. The molecule has 0 saturated heterocycles. The van der Waals surface area contributed by atoms with E-state index in [9.17, 15) is 4.79 Å². The zero-order valence-corrected chi connectivity index (χ0v) is 11.2. The molecular weight excluding hydrogens is 254 g/mol. The van der Waals surface area contributed by atoms with Gasteiger partial charge in [-0.3, -0.25) is 0 Å². The van der Waals surface area contributed by atoms with Crippen molar-refractivity contribution in [2.75, 3.05) is 0 Å². The number of carbonyl (C=O) groups is 1. The van der Waals surface area contributed by atoms with Gasteiger partial charge in [-0.05, 0) is 49.2 Å². The average molecular weight is 267 g/mol. The summed E-state index contributed by atoms with van der Waals surface area (Å²) in [6.07, 6.45) is 0. The number of ether oxygens (including phenoxy) is 1. The van der Waals surface area contributed by atoms with Gasteiger partial charge in [-0.1, -0.05) is 12.1 Å². The number of rotatable bonds is 3. The van der Waals surface area contributed by atoms with Gasteiger partial charge in [0.25, 0.3) is 0 Å². The summed E-state index contributed by atoms with van der Waals surface area (Å²) < 4.78 is 5.73. The van der Waals surface area contributed by atoms with Crippen LogP contribution in [0.1, 0.15) is 27.0 Å². The lowest BCUT2D eigenvalue weighted by Crippen LogP contribution is -1.98. The second-order valence-corrected chi connectivity index (χ2v) is 4.43. The van der Waals surface area contributed by atoms with Crippen LogP contribution < -0.4 is 4.74 Å². The summed E-state index contributed by atoms with van der Waals surface area (Å²) >= 11 is 0. The standard InChI is InChI=1S/C16H13NO3/c1-10-4-3-5-14(11(10)2)20-15-7-6-12(16(18)19)8-13(15)9-17/h3-8H,1-2H3,(H,18,19). The van der Waals surface area contributed by atoms with Gasteiger partial charge in [-0.2, -0.15) is 5.26 Å². The van der Waals surface area contributed by atoms with Crippen LogP contribution in [0.3, 0.4) is 0 Å². The van der Waals surface area contributed by atoms with Crippen molar-refractivity contribution in [1.29, 1.82) is 5.26 Å². The third-order valence-corrected chi connectivity index (χ3v) is 3.12. The number of hydrogen-bond acceptors (Lipinski definition) is 3. The van der Waals surface area contributed by atoms with Crippen molar-refractivity contribution in [3.63, 3.8) is 0 Å². The van der Waals surface area contributed by atoms with Gasteiger partial charge in [0.2, 0.25) is 0 Å². The van der Waals surface area contributed by atoms with Gasteiger partial charge >= 0.3 is 5.97 Å². The highest BCUT2D eigenvalue weighted by atomic mass is 16.5. The topological polar surface area (TPSA) is 70.3 Å². The summed E-state index contributed by atoms with van der Waals surface area (Å²) in [5, 5.41) is 18.0. The second-order valence-electron chi connectivity index (χ2n) is 4.43. The molecule has 0 heterocycles. The molecule has 0 aliphatic heterocycles. The molecule has 0 aromatic heterocycles. The molecule has 0 bridgehead atoms. The van der Waals surface area contributed by atoms with Crippen LogP contribution in [0, 0.1) is 25.2 Å². The van der Waals surface area contributed by atoms with Crippen LogP contribution in [-0.4, -0.2) is 11.1 Å². The van der Waals surface area contributed by atoms with Crippen molar-refractivity contribution in [2.24, 2.45) is 0 Å². The van der Waals surface area contributed by atoms with Gasteiger partial charge in [-0.25, -0.2) is 4.79 Å². The molecule has 0 saturated carbocycles. The van der Waals surface area contributed by atoms with Gasteiger partial charge in [0, 0.05) is 0 Å². The fourth-order valence-corrected chi connectivity index (χ4v) is 1.79. The summed E-state index contributed by atoms with van der Waals surface area (Å²) in [6, 6.07) is 11.8. The molecule has 0 radical (unpaired) electrons. The van der Waals surface area contributed by atoms with E-state index in [-0.39, 0.29) is 11.1 Å². The smallest absolute Gasteiger partial charge is 0.335 e. The molecule has 0 spiro atoms. The van der Waals surface area contributed by atoms with Crippen LogP contribution in [0.4, 0.5) is 0 Å². The maximum atomic E-state index is 10.9. The summed E-state index contributed by atoms with van der Waals surface area (Å²) in [7, 11) is 0. The number of hydrogen-bond donors (Lipinski definition) is 1. The SMILES string of the molecule is Cc1cccc(Oc2ccc(C(=O)O)cc2C#N)c1C. The Bertz CT molecular complexity index is 714. The van der Waals surface area contributed by atoms with Gasteiger partial charge in [0.15, 0.2) is 0 Å². The Hall–Kier alpha value is -2.80. The predicted octanol–water partition coefficient (Wildman–Crippen LogP) is 3.67. The van der Waals surface area contributed by atoms with E-state index in [1.54, 1.807) is 0 Å². The van der Waals surface area contributed by atoms with E-state index in [1.165, 1.54) is 18.2 Å². The first kappa shape index (κ1) is 13.6. The Balaban J connectivity index is 2.42. The lowest BCUT2D eigenvalue weighted by molar-refractivity contribution is 0.0697. The van der Waals surface area contributed by atoms with E-state index in [0.717, 1.165) is 11.1 Å². The highest BCUT2D eigenvalue weighted by molar-refractivity contribution is 5.88. The van der Waals surface area contributed by atoms with Crippen LogP contribution in [0.5, 0.6) is 11.5 Å². The molecular formula is C16H13NO3. The number of aromatic carboxylic acids is 1. The average Bonchev–Trinajstić information content (AvgIpc) is 2.44. The van der Waals surface area contributed by atoms with Crippen LogP contribution in [-0.2, 0) is 0 Å². The minimum Gasteiger partial charge on any atom is -0.478 e. The first-order chi connectivity index (χ1) is 9.52. The molecule has 1 N–H and O–H groups in total. The Morgan fingerprint density at radius 2 is 1.95 bits per heavy atom. The van der Waals surface area contributed by atoms with E-state index < -0.39 is 5.97 Å². The van der Waals surface area contributed by atoms with Gasteiger partial charge < -0.3 is 9.84 Å². The number of benzene rings is 2. The van der Waals surface area contributed by atoms with E-state index >= 15 is 0 Å². The molecule has 100 valence electrons. The molecule has 2 rings (SSSR count). The molecule has 0 unspecified atom stereocenters. The fraction of sp³-hybridized carbons (Fsp3) is 0.125. The molecule has 0 aliphatic carbocycles. The second kappa shape index (κ2) is 5.45. The summed E-state index contributed by atoms with van der Waals surface area (Å²) in [6.45, 7) is 3.91. The van der Waals surface area contributed by atoms with Crippen LogP contribution in [0.25, 0.3) is 0 Å². The van der Waals surface area contributed by atoms with E-state index in [2.05, 4.69) is 0 Å². The van der Waals surface area contributed by atoms with Crippen molar-refractivity contribution >= 4 is 5.97 Å². The van der Waals surface area contributed by atoms with Crippen LogP contribution in [0.2, 0.25) is 0 Å². The highest BCUT2D eigenvalue weighted by Gasteiger charge is 2.11. The van der Waals surface area contributed by atoms with Gasteiger partial charge in [0.1, 0.15) is 17.6 Å². The molecule has 0 atom stereocenters. The van der Waals surface area contributed by atoms with Crippen molar-refractivity contribution in [3.05, 3.63) is 58.7 Å². The first-order valence-corrected chi connectivity index (χ1v) is 6.04. The van der Waals surface area contributed by atoms with E-state index in [4.69, 9.17) is 15.1 Å². The summed E-state index contributed by atoms with van der Waals surface area (Å²) in [5.74, 6) is -0.0597. The number of carboxylic acids is 1. The quantitative estimate of drug-likeness (QED) is 0.921. The number of nitrogens with zero attached hydrogens (tertiary/aromatic N) is 1. The van der Waals surface area contributed by atoms with Crippen molar-refractivity contribution < 1.29 is 14.6 Å². The molecule has 2 aromatic rings. The Labute approximate surface area is 116 Å². The van der Waals surface area contributed by atoms with Crippen molar-refractivity contribution in [1.82, 2.24) is 0 Å². The van der Waals surface area contributed by atoms with Gasteiger partial charge in [-0.15, -0.1) is 0 Å². The maximum Gasteiger partial charge on any atom is 0.335 e. The lowest BCUT2D eigenvalue weighted by Gasteiger charge is -2.11. The molecule has 20 heavy (non-hydrogen) atoms. The third kappa shape index (κ3) is 2.62. The molecule has 2 aromatic carbocycles. The molecule has 4 heteroatoms. The molecule has 0 fully saturated rings. The fourth-order valence-electron chi connectivity index (χ4n) is 1.79. The first-order valence-electron chi connectivity index (χ1n) is 6.04. The zero-order valence-electron chi connectivity index (χ0n) is 11.2. The molecule has 0 amide bonds. The largest absolute Gasteiger partial charge is 0.478 e.